The molecule has 0 aliphatic carbocycles. The molecule has 0 atom stereocenters. The predicted octanol–water partition coefficient (Wildman–Crippen LogP) is 1.35. The van der Waals surface area contributed by atoms with Crippen molar-refractivity contribution < 1.29 is 4.79 Å². The number of rotatable bonds is 1. The Labute approximate surface area is 83.4 Å². The van der Waals surface area contributed by atoms with Crippen molar-refractivity contribution in [1.82, 2.24) is 4.98 Å². The number of hydrogen-bond acceptors (Lipinski definition) is 3. The van der Waals surface area contributed by atoms with Gasteiger partial charge in [0, 0.05) is 18.3 Å². The molecule has 4 heteroatoms. The smallest absolute Gasteiger partial charge is 0.250 e. The maximum atomic E-state index is 10.4. The molecule has 1 rings (SSSR count). The van der Waals surface area contributed by atoms with Crippen molar-refractivity contribution in [2.75, 3.05) is 0 Å². The highest BCUT2D eigenvalue weighted by Gasteiger charge is 1.94. The molecule has 0 bridgehead atoms. The minimum atomic E-state index is -0.442. The van der Waals surface area contributed by atoms with Gasteiger partial charge in [-0.1, -0.05) is 0 Å². The fraction of sp³-hybridized carbons (Fsp3) is 0.300. The van der Waals surface area contributed by atoms with Gasteiger partial charge in [-0.2, -0.15) is 5.26 Å². The molecule has 0 spiro atoms. The van der Waals surface area contributed by atoms with Crippen LogP contribution in [0.1, 0.15) is 24.2 Å². The molecule has 4 nitrogen and oxygen atoms in total. The number of primary amides is 1. The SMILES string of the molecule is CC(C)C#N.NC(=O)c1cccnc1. The highest BCUT2D eigenvalue weighted by atomic mass is 16.1. The van der Waals surface area contributed by atoms with Crippen LogP contribution in [0.4, 0.5) is 0 Å². The quantitative estimate of drug-likeness (QED) is 0.727. The van der Waals surface area contributed by atoms with E-state index in [1.165, 1.54) is 6.20 Å². The zero-order valence-electron chi connectivity index (χ0n) is 8.27. The second-order valence-corrected chi connectivity index (χ2v) is 2.89. The number of carbonyl (C=O) groups excluding carboxylic acids is 1. The molecule has 0 radical (unpaired) electrons. The van der Waals surface area contributed by atoms with E-state index in [-0.39, 0.29) is 5.92 Å². The molecule has 0 aliphatic rings. The summed E-state index contributed by atoms with van der Waals surface area (Å²) in [6.45, 7) is 3.72. The molecular weight excluding hydrogens is 178 g/mol. The summed E-state index contributed by atoms with van der Waals surface area (Å²) in [5.41, 5.74) is 5.38. The van der Waals surface area contributed by atoms with Gasteiger partial charge in [-0.05, 0) is 26.0 Å². The van der Waals surface area contributed by atoms with Crippen molar-refractivity contribution in [3.05, 3.63) is 30.1 Å². The van der Waals surface area contributed by atoms with Crippen molar-refractivity contribution in [1.29, 1.82) is 5.26 Å². The van der Waals surface area contributed by atoms with Gasteiger partial charge in [0.15, 0.2) is 0 Å². The van der Waals surface area contributed by atoms with E-state index in [1.54, 1.807) is 18.3 Å². The summed E-state index contributed by atoms with van der Waals surface area (Å²) >= 11 is 0. The molecule has 2 N–H and O–H groups in total. The molecular formula is C10H13N3O. The van der Waals surface area contributed by atoms with Crippen LogP contribution in [0.2, 0.25) is 0 Å². The third-order valence-corrected chi connectivity index (χ3v) is 1.20. The summed E-state index contributed by atoms with van der Waals surface area (Å²) in [6.07, 6.45) is 3.02. The number of hydrogen-bond donors (Lipinski definition) is 1. The number of pyridine rings is 1. The second kappa shape index (κ2) is 6.61. The van der Waals surface area contributed by atoms with Crippen LogP contribution in [0.5, 0.6) is 0 Å². The lowest BCUT2D eigenvalue weighted by atomic mass is 10.3. The van der Waals surface area contributed by atoms with Crippen LogP contribution in [0, 0.1) is 17.2 Å². The average molecular weight is 191 g/mol. The van der Waals surface area contributed by atoms with E-state index in [1.807, 2.05) is 19.9 Å². The fourth-order valence-corrected chi connectivity index (χ4v) is 0.509. The largest absolute Gasteiger partial charge is 0.366 e. The number of nitrogens with zero attached hydrogens (tertiary/aromatic N) is 2. The Morgan fingerprint density at radius 2 is 2.21 bits per heavy atom. The summed E-state index contributed by atoms with van der Waals surface area (Å²) < 4.78 is 0. The van der Waals surface area contributed by atoms with Gasteiger partial charge in [-0.3, -0.25) is 9.78 Å². The summed E-state index contributed by atoms with van der Waals surface area (Å²) in [6, 6.07) is 5.31. The number of amides is 1. The lowest BCUT2D eigenvalue weighted by Crippen LogP contribution is -2.10. The van der Waals surface area contributed by atoms with Crippen LogP contribution in [0.25, 0.3) is 0 Å². The molecule has 0 aromatic carbocycles. The van der Waals surface area contributed by atoms with Crippen molar-refractivity contribution in [3.8, 4) is 6.07 Å². The second-order valence-electron chi connectivity index (χ2n) is 2.89. The zero-order chi connectivity index (χ0) is 11.0. The van der Waals surface area contributed by atoms with E-state index in [0.29, 0.717) is 5.56 Å². The Hall–Kier alpha value is -1.89. The lowest BCUT2D eigenvalue weighted by Gasteiger charge is -1.88. The maximum Gasteiger partial charge on any atom is 0.250 e. The molecule has 1 amide bonds. The number of nitrogens with two attached hydrogens (primary N) is 1. The molecule has 1 aromatic heterocycles. The molecule has 74 valence electrons. The normalized spacial score (nSPS) is 8.43. The summed E-state index contributed by atoms with van der Waals surface area (Å²) in [5.74, 6) is -0.252. The minimum absolute atomic E-state index is 0.190. The molecule has 0 saturated carbocycles. The third-order valence-electron chi connectivity index (χ3n) is 1.20. The van der Waals surface area contributed by atoms with Crippen molar-refractivity contribution in [3.63, 3.8) is 0 Å². The molecule has 1 heterocycles. The Morgan fingerprint density at radius 1 is 1.64 bits per heavy atom. The van der Waals surface area contributed by atoms with E-state index in [0.717, 1.165) is 0 Å². The van der Waals surface area contributed by atoms with Crippen LogP contribution in [-0.4, -0.2) is 10.9 Å². The van der Waals surface area contributed by atoms with Gasteiger partial charge in [-0.15, -0.1) is 0 Å². The highest BCUT2D eigenvalue weighted by Crippen LogP contribution is 1.91. The van der Waals surface area contributed by atoms with Crippen LogP contribution >= 0.6 is 0 Å². The maximum absolute atomic E-state index is 10.4. The van der Waals surface area contributed by atoms with Crippen LogP contribution < -0.4 is 5.73 Å². The van der Waals surface area contributed by atoms with E-state index in [4.69, 9.17) is 11.0 Å². The van der Waals surface area contributed by atoms with Gasteiger partial charge >= 0.3 is 0 Å². The van der Waals surface area contributed by atoms with Gasteiger partial charge in [-0.25, -0.2) is 0 Å². The Balaban J connectivity index is 0.000000292. The number of aromatic nitrogens is 1. The molecule has 0 fully saturated rings. The lowest BCUT2D eigenvalue weighted by molar-refractivity contribution is 0.1000. The first-order valence-corrected chi connectivity index (χ1v) is 4.17. The number of carbonyl (C=O) groups is 1. The molecule has 0 aliphatic heterocycles. The molecule has 14 heavy (non-hydrogen) atoms. The van der Waals surface area contributed by atoms with Crippen LogP contribution in [-0.2, 0) is 0 Å². The minimum Gasteiger partial charge on any atom is -0.366 e. The van der Waals surface area contributed by atoms with Crippen LogP contribution in [0.3, 0.4) is 0 Å². The monoisotopic (exact) mass is 191 g/mol. The zero-order valence-corrected chi connectivity index (χ0v) is 8.27. The third kappa shape index (κ3) is 5.72. The van der Waals surface area contributed by atoms with Gasteiger partial charge in [0.2, 0.25) is 5.91 Å². The summed E-state index contributed by atoms with van der Waals surface area (Å²) in [5, 5.41) is 7.89. The Kier molecular flexibility index (Phi) is 5.72. The molecule has 0 saturated heterocycles. The summed E-state index contributed by atoms with van der Waals surface area (Å²) in [4.78, 5) is 14.1. The fourth-order valence-electron chi connectivity index (χ4n) is 0.509. The van der Waals surface area contributed by atoms with Gasteiger partial charge in [0.25, 0.3) is 0 Å². The van der Waals surface area contributed by atoms with Gasteiger partial charge in [0.05, 0.1) is 11.6 Å². The first-order valence-electron chi connectivity index (χ1n) is 4.17. The van der Waals surface area contributed by atoms with E-state index >= 15 is 0 Å². The Bertz CT molecular complexity index is 314. The van der Waals surface area contributed by atoms with Gasteiger partial charge in [0.1, 0.15) is 0 Å². The van der Waals surface area contributed by atoms with Crippen molar-refractivity contribution >= 4 is 5.91 Å². The van der Waals surface area contributed by atoms with E-state index in [9.17, 15) is 4.79 Å². The van der Waals surface area contributed by atoms with E-state index < -0.39 is 5.91 Å². The van der Waals surface area contributed by atoms with Crippen molar-refractivity contribution in [2.24, 2.45) is 11.7 Å². The van der Waals surface area contributed by atoms with Gasteiger partial charge < -0.3 is 5.73 Å². The molecule has 1 aromatic rings. The summed E-state index contributed by atoms with van der Waals surface area (Å²) in [7, 11) is 0. The predicted molar refractivity (Wildman–Crippen MR) is 53.2 cm³/mol. The number of nitriles is 1. The first-order chi connectivity index (χ1) is 6.57. The van der Waals surface area contributed by atoms with Crippen molar-refractivity contribution in [2.45, 2.75) is 13.8 Å². The molecule has 0 unspecified atom stereocenters. The highest BCUT2D eigenvalue weighted by molar-refractivity contribution is 5.92. The Morgan fingerprint density at radius 3 is 2.43 bits per heavy atom. The van der Waals surface area contributed by atoms with E-state index in [2.05, 4.69) is 4.98 Å². The standard InChI is InChI=1S/C6H6N2O.C4H7N/c7-6(9)5-2-1-3-8-4-5;1-4(2)3-5/h1-4H,(H2,7,9);4H,1-2H3. The first kappa shape index (κ1) is 12.1. The topological polar surface area (TPSA) is 79.8 Å². The van der Waals surface area contributed by atoms with Crippen LogP contribution in [0.15, 0.2) is 24.5 Å². The average Bonchev–Trinajstić information content (AvgIpc) is 2.20.